The number of fused-ring (bicyclic) bond motifs is 1. The van der Waals surface area contributed by atoms with Crippen molar-refractivity contribution in [3.63, 3.8) is 0 Å². The molecular weight excluding hydrogens is 376 g/mol. The summed E-state index contributed by atoms with van der Waals surface area (Å²) in [6, 6.07) is 5.80. The number of aliphatic hydroxyl groups excluding tert-OH is 2. The third-order valence-electron chi connectivity index (χ3n) is 4.18. The molecule has 0 saturated carbocycles. The number of rotatable bonds is 4. The van der Waals surface area contributed by atoms with Crippen LogP contribution >= 0.6 is 23.4 Å². The van der Waals surface area contributed by atoms with Gasteiger partial charge >= 0.3 is 0 Å². The summed E-state index contributed by atoms with van der Waals surface area (Å²) in [5, 5.41) is 22.9. The molecule has 1 aliphatic heterocycles. The Kier molecular flexibility index (Phi) is 4.70. The molecule has 136 valence electrons. The van der Waals surface area contributed by atoms with Crippen molar-refractivity contribution in [3.05, 3.63) is 41.2 Å². The predicted molar refractivity (Wildman–Crippen MR) is 100 cm³/mol. The van der Waals surface area contributed by atoms with Gasteiger partial charge in [-0.2, -0.15) is 9.97 Å². The average molecular weight is 393 g/mol. The number of pyridine rings is 1. The normalized spacial score (nSPS) is 22.8. The van der Waals surface area contributed by atoms with Gasteiger partial charge in [0.2, 0.25) is 5.28 Å². The van der Waals surface area contributed by atoms with Crippen LogP contribution < -0.4 is 5.32 Å². The minimum Gasteiger partial charge on any atom is -0.389 e. The smallest absolute Gasteiger partial charge is 0.226 e. The monoisotopic (exact) mass is 392 g/mol. The molecule has 0 amide bonds. The largest absolute Gasteiger partial charge is 0.389 e. The number of aryl methyl sites for hydroxylation is 1. The standard InChI is InChI=1S/C16H17ClN6O2S/c1-8-3-2-4-9(20-8)5-18-13-11-14(22-16(17)21-13)23(7-19-11)15-12(25)10(24)6-26-15/h2-4,7,10,12,15,24-25H,5-6H2,1H3,(H,18,21,22)/t10-,12-,15-/m1/s1. The maximum atomic E-state index is 10.2. The highest BCUT2D eigenvalue weighted by Gasteiger charge is 2.36. The van der Waals surface area contributed by atoms with E-state index >= 15 is 0 Å². The van der Waals surface area contributed by atoms with Crippen molar-refractivity contribution in [1.82, 2.24) is 24.5 Å². The molecule has 0 aromatic carbocycles. The number of aromatic nitrogens is 5. The molecule has 3 N–H and O–H groups in total. The maximum Gasteiger partial charge on any atom is 0.226 e. The minimum absolute atomic E-state index is 0.0805. The number of nitrogens with zero attached hydrogens (tertiary/aromatic N) is 5. The lowest BCUT2D eigenvalue weighted by molar-refractivity contribution is 0.0313. The Hall–Kier alpha value is -1.94. The van der Waals surface area contributed by atoms with Crippen molar-refractivity contribution in [2.45, 2.75) is 31.1 Å². The SMILES string of the molecule is Cc1cccc(CNc2nc(Cl)nc3c2ncn3[C@@H]2SC[C@@H](O)[C@H]2O)n1. The highest BCUT2D eigenvalue weighted by Crippen LogP contribution is 2.38. The predicted octanol–water partition coefficient (Wildman–Crippen LogP) is 1.76. The number of halogens is 1. The van der Waals surface area contributed by atoms with E-state index in [-0.39, 0.29) is 10.7 Å². The summed E-state index contributed by atoms with van der Waals surface area (Å²) in [6.07, 6.45) is -0.0752. The molecule has 4 heterocycles. The van der Waals surface area contributed by atoms with Gasteiger partial charge in [0, 0.05) is 11.4 Å². The van der Waals surface area contributed by atoms with Crippen LogP contribution in [0.2, 0.25) is 5.28 Å². The lowest BCUT2D eigenvalue weighted by Gasteiger charge is -2.17. The van der Waals surface area contributed by atoms with Crippen LogP contribution in [-0.2, 0) is 6.54 Å². The Morgan fingerprint density at radius 2 is 2.15 bits per heavy atom. The van der Waals surface area contributed by atoms with Crippen molar-refractivity contribution in [2.75, 3.05) is 11.1 Å². The van der Waals surface area contributed by atoms with Gasteiger partial charge in [0.25, 0.3) is 0 Å². The number of hydrogen-bond donors (Lipinski definition) is 3. The van der Waals surface area contributed by atoms with Gasteiger partial charge in [0.05, 0.1) is 24.7 Å². The van der Waals surface area contributed by atoms with Crippen molar-refractivity contribution < 1.29 is 10.2 Å². The highest BCUT2D eigenvalue weighted by atomic mass is 35.5. The number of aliphatic hydroxyl groups is 2. The van der Waals surface area contributed by atoms with Crippen molar-refractivity contribution in [3.8, 4) is 0 Å². The van der Waals surface area contributed by atoms with E-state index in [0.29, 0.717) is 29.3 Å². The van der Waals surface area contributed by atoms with E-state index < -0.39 is 12.2 Å². The van der Waals surface area contributed by atoms with Crippen molar-refractivity contribution >= 4 is 40.3 Å². The van der Waals surface area contributed by atoms with Gasteiger partial charge in [-0.3, -0.25) is 9.55 Å². The van der Waals surface area contributed by atoms with Crippen LogP contribution in [0.3, 0.4) is 0 Å². The zero-order chi connectivity index (χ0) is 18.3. The molecule has 26 heavy (non-hydrogen) atoms. The molecule has 0 bridgehead atoms. The summed E-state index contributed by atoms with van der Waals surface area (Å²) in [4.78, 5) is 17.3. The highest BCUT2D eigenvalue weighted by molar-refractivity contribution is 7.99. The molecule has 8 nitrogen and oxygen atoms in total. The van der Waals surface area contributed by atoms with E-state index in [1.165, 1.54) is 11.8 Å². The third kappa shape index (κ3) is 3.23. The lowest BCUT2D eigenvalue weighted by Crippen LogP contribution is -2.27. The van der Waals surface area contributed by atoms with Crippen LogP contribution in [0.15, 0.2) is 24.5 Å². The molecular formula is C16H17ClN6O2S. The number of imidazole rings is 1. The first kappa shape index (κ1) is 17.5. The fourth-order valence-electron chi connectivity index (χ4n) is 2.90. The summed E-state index contributed by atoms with van der Waals surface area (Å²) in [5.74, 6) is 0.953. The Bertz CT molecular complexity index is 952. The quantitative estimate of drug-likeness (QED) is 0.576. The first-order valence-electron chi connectivity index (χ1n) is 8.07. The fraction of sp³-hybridized carbons (Fsp3) is 0.375. The number of nitrogens with one attached hydrogen (secondary N) is 1. The fourth-order valence-corrected chi connectivity index (χ4v) is 4.35. The van der Waals surface area contributed by atoms with Crippen molar-refractivity contribution in [2.24, 2.45) is 0 Å². The number of anilines is 1. The molecule has 3 aromatic heterocycles. The molecule has 1 saturated heterocycles. The van der Waals surface area contributed by atoms with E-state index in [2.05, 4.69) is 25.3 Å². The summed E-state index contributed by atoms with van der Waals surface area (Å²) in [5.41, 5.74) is 2.87. The van der Waals surface area contributed by atoms with Crippen LogP contribution in [0.25, 0.3) is 11.2 Å². The lowest BCUT2D eigenvalue weighted by atomic mass is 10.2. The van der Waals surface area contributed by atoms with Crippen LogP contribution in [0, 0.1) is 6.92 Å². The van der Waals surface area contributed by atoms with Gasteiger partial charge in [-0.1, -0.05) is 6.07 Å². The van der Waals surface area contributed by atoms with Gasteiger partial charge in [-0.15, -0.1) is 11.8 Å². The topological polar surface area (TPSA) is 109 Å². The second kappa shape index (κ2) is 6.99. The van der Waals surface area contributed by atoms with Crippen LogP contribution in [-0.4, -0.2) is 52.7 Å². The zero-order valence-corrected chi connectivity index (χ0v) is 15.4. The molecule has 0 spiro atoms. The van der Waals surface area contributed by atoms with Gasteiger partial charge in [0.1, 0.15) is 11.5 Å². The summed E-state index contributed by atoms with van der Waals surface area (Å²) in [6.45, 7) is 2.40. The summed E-state index contributed by atoms with van der Waals surface area (Å²) < 4.78 is 1.73. The maximum absolute atomic E-state index is 10.2. The van der Waals surface area contributed by atoms with E-state index in [0.717, 1.165) is 11.4 Å². The first-order chi connectivity index (χ1) is 12.5. The molecule has 3 aromatic rings. The third-order valence-corrected chi connectivity index (χ3v) is 5.73. The summed E-state index contributed by atoms with van der Waals surface area (Å²) >= 11 is 7.54. The Morgan fingerprint density at radius 1 is 1.31 bits per heavy atom. The van der Waals surface area contributed by atoms with Crippen LogP contribution in [0.5, 0.6) is 0 Å². The van der Waals surface area contributed by atoms with Gasteiger partial charge in [-0.05, 0) is 30.7 Å². The molecule has 1 fully saturated rings. The average Bonchev–Trinajstić information content (AvgIpc) is 3.17. The first-order valence-corrected chi connectivity index (χ1v) is 9.50. The zero-order valence-electron chi connectivity index (χ0n) is 13.9. The molecule has 4 rings (SSSR count). The van der Waals surface area contributed by atoms with E-state index in [1.54, 1.807) is 10.9 Å². The molecule has 3 atom stereocenters. The molecule has 1 aliphatic rings. The second-order valence-electron chi connectivity index (χ2n) is 6.07. The number of thioether (sulfide) groups is 1. The molecule has 0 radical (unpaired) electrons. The van der Waals surface area contributed by atoms with Gasteiger partial charge in [-0.25, -0.2) is 4.98 Å². The Morgan fingerprint density at radius 3 is 2.88 bits per heavy atom. The minimum atomic E-state index is -0.890. The molecule has 0 unspecified atom stereocenters. The van der Waals surface area contributed by atoms with Crippen LogP contribution in [0.1, 0.15) is 16.8 Å². The van der Waals surface area contributed by atoms with E-state index in [4.69, 9.17) is 11.6 Å². The second-order valence-corrected chi connectivity index (χ2v) is 7.56. The van der Waals surface area contributed by atoms with Crippen LogP contribution in [0.4, 0.5) is 5.82 Å². The van der Waals surface area contributed by atoms with Gasteiger partial charge < -0.3 is 15.5 Å². The Balaban J connectivity index is 1.66. The molecule has 10 heteroatoms. The van der Waals surface area contributed by atoms with Gasteiger partial charge in [0.15, 0.2) is 17.0 Å². The van der Waals surface area contributed by atoms with Crippen molar-refractivity contribution in [1.29, 1.82) is 0 Å². The van der Waals surface area contributed by atoms with E-state index in [9.17, 15) is 10.2 Å². The number of hydrogen-bond acceptors (Lipinski definition) is 8. The van der Waals surface area contributed by atoms with E-state index in [1.807, 2.05) is 25.1 Å². The Labute approximate surface area is 158 Å². The summed E-state index contributed by atoms with van der Waals surface area (Å²) in [7, 11) is 0. The molecule has 0 aliphatic carbocycles.